The molecule has 0 atom stereocenters. The topological polar surface area (TPSA) is 54.9 Å². The smallest absolute Gasteiger partial charge is 0.481 e. The van der Waals surface area contributed by atoms with Crippen LogP contribution in [-0.4, -0.2) is 31.0 Å². The van der Waals surface area contributed by atoms with E-state index in [2.05, 4.69) is 25.7 Å². The van der Waals surface area contributed by atoms with Gasteiger partial charge in [-0.05, 0) is 65.7 Å². The number of carbonyl (C=O) groups excluding carboxylic acids is 1. The molecule has 0 bridgehead atoms. The number of hydrogen-bond donors (Lipinski definition) is 0. The summed E-state index contributed by atoms with van der Waals surface area (Å²) in [6.45, 7) is 3.33. The second kappa shape index (κ2) is 8.79. The fraction of sp³-hybridized carbons (Fsp3) is 0.217. The zero-order valence-corrected chi connectivity index (χ0v) is 19.8. The van der Waals surface area contributed by atoms with Crippen LogP contribution in [0.5, 0.6) is 11.6 Å². The zero-order valence-electron chi connectivity index (χ0n) is 18.2. The molecule has 4 rings (SSSR count). The lowest BCUT2D eigenvalue weighted by atomic mass is 10.0. The minimum atomic E-state index is -4.93. The number of carbonyl (C=O) groups is 1. The van der Waals surface area contributed by atoms with Crippen molar-refractivity contribution in [1.29, 1.82) is 0 Å². The van der Waals surface area contributed by atoms with Crippen molar-refractivity contribution >= 4 is 38.9 Å². The summed E-state index contributed by atoms with van der Waals surface area (Å²) >= 11 is 3.07. The summed E-state index contributed by atoms with van der Waals surface area (Å²) in [6, 6.07) is 9.77. The number of nitrogens with zero attached hydrogens (tertiary/aromatic N) is 3. The molecule has 0 N–H and O–H groups in total. The molecule has 0 fully saturated rings. The molecule has 11 heteroatoms. The summed E-state index contributed by atoms with van der Waals surface area (Å²) < 4.78 is 61.9. The van der Waals surface area contributed by atoms with Gasteiger partial charge in [-0.2, -0.15) is 0 Å². The predicted octanol–water partition coefficient (Wildman–Crippen LogP) is 6.26. The molecule has 178 valence electrons. The van der Waals surface area contributed by atoms with Crippen molar-refractivity contribution in [2.45, 2.75) is 20.2 Å². The fourth-order valence-corrected chi connectivity index (χ4v) is 4.23. The summed E-state index contributed by atoms with van der Waals surface area (Å²) in [7, 11) is 1.47. The molecule has 0 unspecified atom stereocenters. The molecular weight excluding hydrogens is 522 g/mol. The van der Waals surface area contributed by atoms with Gasteiger partial charge in [-0.25, -0.2) is 9.37 Å². The van der Waals surface area contributed by atoms with Crippen LogP contribution >= 0.6 is 15.9 Å². The highest BCUT2D eigenvalue weighted by atomic mass is 79.9. The monoisotopic (exact) mass is 539 g/mol. The first-order valence-corrected chi connectivity index (χ1v) is 10.7. The molecule has 0 radical (unpaired) electrons. The maximum absolute atomic E-state index is 13.8. The Morgan fingerprint density at radius 1 is 1.00 bits per heavy atom. The van der Waals surface area contributed by atoms with Crippen LogP contribution in [0.4, 0.5) is 34.6 Å². The quantitative estimate of drug-likeness (QED) is 0.366. The summed E-state index contributed by atoms with van der Waals surface area (Å²) in [5, 5.41) is 0. The third-order valence-electron chi connectivity index (χ3n) is 5.31. The van der Waals surface area contributed by atoms with Crippen LogP contribution in [0.15, 0.2) is 46.9 Å². The average molecular weight is 540 g/mol. The number of aryl methyl sites for hydroxylation is 2. The van der Waals surface area contributed by atoms with E-state index < -0.39 is 23.8 Å². The lowest BCUT2D eigenvalue weighted by Crippen LogP contribution is -2.45. The highest BCUT2D eigenvalue weighted by molar-refractivity contribution is 9.10. The zero-order chi connectivity index (χ0) is 24.8. The first-order valence-electron chi connectivity index (χ1n) is 9.95. The molecule has 0 saturated heterocycles. The first-order chi connectivity index (χ1) is 16.0. The second-order valence-electron chi connectivity index (χ2n) is 7.54. The predicted molar refractivity (Wildman–Crippen MR) is 121 cm³/mol. The van der Waals surface area contributed by atoms with Crippen LogP contribution in [0.2, 0.25) is 0 Å². The summed E-state index contributed by atoms with van der Waals surface area (Å²) in [6.07, 6.45) is -4.93. The number of ether oxygens (including phenoxy) is 2. The van der Waals surface area contributed by atoms with Gasteiger partial charge in [-0.1, -0.05) is 0 Å². The number of alkyl halides is 3. The highest BCUT2D eigenvalue weighted by Crippen LogP contribution is 2.43. The molecule has 0 aliphatic carbocycles. The Bertz CT molecular complexity index is 1280. The third-order valence-corrected chi connectivity index (χ3v) is 5.93. The van der Waals surface area contributed by atoms with Crippen LogP contribution in [0.3, 0.4) is 0 Å². The van der Waals surface area contributed by atoms with Crippen molar-refractivity contribution in [3.63, 3.8) is 0 Å². The van der Waals surface area contributed by atoms with E-state index in [0.29, 0.717) is 28.5 Å². The first kappa shape index (κ1) is 23.8. The van der Waals surface area contributed by atoms with Gasteiger partial charge < -0.3 is 14.4 Å². The van der Waals surface area contributed by atoms with Gasteiger partial charge in [0.2, 0.25) is 5.88 Å². The third kappa shape index (κ3) is 4.52. The van der Waals surface area contributed by atoms with Crippen molar-refractivity contribution in [1.82, 2.24) is 4.98 Å². The van der Waals surface area contributed by atoms with Crippen molar-refractivity contribution < 1.29 is 31.8 Å². The molecular formula is C23H18BrF4N3O3. The van der Waals surface area contributed by atoms with E-state index in [4.69, 9.17) is 4.74 Å². The highest BCUT2D eigenvalue weighted by Gasteiger charge is 2.37. The average Bonchev–Trinajstić information content (AvgIpc) is 2.75. The van der Waals surface area contributed by atoms with Gasteiger partial charge in [0.1, 0.15) is 18.2 Å². The molecule has 0 spiro atoms. The summed E-state index contributed by atoms with van der Waals surface area (Å²) in [4.78, 5) is 20.9. The van der Waals surface area contributed by atoms with Crippen molar-refractivity contribution in [2.75, 3.05) is 23.6 Å². The standard InChI is InChI=1S/C23H18BrF4N3O3/c1-12-8-14(25)4-5-17(12)30-11-31(18-6-7-21(33-3)29-13(18)2)22(32)15-9-16(24)20(10-19(15)30)34-23(26,27)28/h4-10H,11H2,1-3H3. The Hall–Kier alpha value is -3.34. The Labute approximate surface area is 200 Å². The SMILES string of the molecule is COc1ccc(N2CN(c3ccc(F)cc3C)c3cc(OC(F)(F)F)c(Br)cc3C2=O)c(C)n1. The van der Waals surface area contributed by atoms with E-state index in [-0.39, 0.29) is 22.4 Å². The fourth-order valence-electron chi connectivity index (χ4n) is 3.81. The minimum absolute atomic E-state index is 0.0425. The number of hydrogen-bond acceptors (Lipinski definition) is 5. The number of benzene rings is 2. The lowest BCUT2D eigenvalue weighted by molar-refractivity contribution is -0.274. The van der Waals surface area contributed by atoms with Crippen LogP contribution in [0, 0.1) is 19.7 Å². The molecule has 6 nitrogen and oxygen atoms in total. The maximum Gasteiger partial charge on any atom is 0.573 e. The number of rotatable bonds is 4. The number of fused-ring (bicyclic) bond motifs is 1. The van der Waals surface area contributed by atoms with Gasteiger partial charge in [-0.15, -0.1) is 13.2 Å². The van der Waals surface area contributed by atoms with Gasteiger partial charge >= 0.3 is 6.36 Å². The van der Waals surface area contributed by atoms with Gasteiger partial charge in [0.05, 0.1) is 34.2 Å². The number of pyridine rings is 1. The lowest BCUT2D eigenvalue weighted by Gasteiger charge is -2.39. The maximum atomic E-state index is 13.8. The molecule has 3 aromatic rings. The van der Waals surface area contributed by atoms with Crippen molar-refractivity contribution in [3.05, 3.63) is 69.6 Å². The van der Waals surface area contributed by atoms with E-state index in [9.17, 15) is 22.4 Å². The molecule has 0 saturated carbocycles. The number of anilines is 3. The largest absolute Gasteiger partial charge is 0.573 e. The Kier molecular flexibility index (Phi) is 6.15. The molecule has 2 aromatic carbocycles. The van der Waals surface area contributed by atoms with Crippen LogP contribution in [0.25, 0.3) is 0 Å². The summed E-state index contributed by atoms with van der Waals surface area (Å²) in [5.41, 5.74) is 2.38. The van der Waals surface area contributed by atoms with Crippen molar-refractivity contribution in [2.24, 2.45) is 0 Å². The summed E-state index contributed by atoms with van der Waals surface area (Å²) in [5.74, 6) is -1.03. The number of methoxy groups -OCH3 is 1. The number of amides is 1. The van der Waals surface area contributed by atoms with E-state index in [1.165, 1.54) is 36.3 Å². The van der Waals surface area contributed by atoms with Gasteiger partial charge in [-0.3, -0.25) is 9.69 Å². The normalized spacial score (nSPS) is 13.7. The van der Waals surface area contributed by atoms with E-state index >= 15 is 0 Å². The van der Waals surface area contributed by atoms with Crippen LogP contribution < -0.4 is 19.3 Å². The van der Waals surface area contributed by atoms with Gasteiger partial charge in [0.25, 0.3) is 5.91 Å². The number of halogens is 5. The van der Waals surface area contributed by atoms with Crippen LogP contribution in [0.1, 0.15) is 21.6 Å². The molecule has 1 amide bonds. The van der Waals surface area contributed by atoms with Crippen molar-refractivity contribution in [3.8, 4) is 11.6 Å². The molecule has 1 aromatic heterocycles. The molecule has 1 aliphatic heterocycles. The molecule has 1 aliphatic rings. The number of aromatic nitrogens is 1. The molecule has 2 heterocycles. The second-order valence-corrected chi connectivity index (χ2v) is 8.39. The van der Waals surface area contributed by atoms with Gasteiger partial charge in [0.15, 0.2) is 0 Å². The Morgan fingerprint density at radius 2 is 1.71 bits per heavy atom. The Morgan fingerprint density at radius 3 is 2.32 bits per heavy atom. The molecule has 34 heavy (non-hydrogen) atoms. The van der Waals surface area contributed by atoms with E-state index in [1.54, 1.807) is 30.9 Å². The Balaban J connectivity index is 1.90. The van der Waals surface area contributed by atoms with E-state index in [1.807, 2.05) is 0 Å². The van der Waals surface area contributed by atoms with Gasteiger partial charge in [0, 0.05) is 17.8 Å². The van der Waals surface area contributed by atoms with E-state index in [0.717, 1.165) is 6.07 Å². The van der Waals surface area contributed by atoms with Crippen LogP contribution in [-0.2, 0) is 0 Å². The minimum Gasteiger partial charge on any atom is -0.481 e.